The number of benzene rings is 1. The third-order valence-corrected chi connectivity index (χ3v) is 4.32. The van der Waals surface area contributed by atoms with Gasteiger partial charge in [-0.25, -0.2) is 0 Å². The van der Waals surface area contributed by atoms with E-state index < -0.39 is 5.60 Å². The van der Waals surface area contributed by atoms with Crippen LogP contribution >= 0.6 is 22.6 Å². The predicted octanol–water partition coefficient (Wildman–Crippen LogP) is 2.31. The molecule has 0 spiro atoms. The van der Waals surface area contributed by atoms with Crippen molar-refractivity contribution in [1.29, 1.82) is 0 Å². The molecule has 5 heteroatoms. The number of halogens is 1. The average molecular weight is 374 g/mol. The van der Waals surface area contributed by atoms with Gasteiger partial charge < -0.3 is 15.4 Å². The Hall–Kier alpha value is -0.660. The normalized spacial score (nSPS) is 18.1. The van der Waals surface area contributed by atoms with Crippen molar-refractivity contribution in [3.8, 4) is 0 Å². The van der Waals surface area contributed by atoms with Crippen LogP contribution in [-0.2, 0) is 9.53 Å². The topological polar surface area (TPSA) is 50.4 Å². The van der Waals surface area contributed by atoms with Crippen LogP contribution in [0.2, 0.25) is 0 Å². The van der Waals surface area contributed by atoms with Crippen molar-refractivity contribution in [1.82, 2.24) is 5.32 Å². The number of hydrogen-bond donors (Lipinski definition) is 2. The molecule has 0 unspecified atom stereocenters. The summed E-state index contributed by atoms with van der Waals surface area (Å²) in [4.78, 5) is 12.5. The SMILES string of the molecule is COC1(C(=O)Nc2ccc(I)cc2C)CCNCC1. The number of carbonyl (C=O) groups excluding carboxylic acids is 1. The summed E-state index contributed by atoms with van der Waals surface area (Å²) in [6.45, 7) is 3.62. The van der Waals surface area contributed by atoms with Crippen LogP contribution in [-0.4, -0.2) is 31.7 Å². The van der Waals surface area contributed by atoms with Crippen LogP contribution in [0.5, 0.6) is 0 Å². The molecule has 0 saturated carbocycles. The first kappa shape index (κ1) is 14.7. The highest BCUT2D eigenvalue weighted by Crippen LogP contribution is 2.26. The number of piperidine rings is 1. The first-order chi connectivity index (χ1) is 9.07. The molecule has 0 radical (unpaired) electrons. The largest absolute Gasteiger partial charge is 0.368 e. The monoisotopic (exact) mass is 374 g/mol. The Balaban J connectivity index is 2.15. The van der Waals surface area contributed by atoms with Crippen LogP contribution in [0, 0.1) is 10.5 Å². The van der Waals surface area contributed by atoms with Gasteiger partial charge in [-0.2, -0.15) is 0 Å². The molecule has 1 fully saturated rings. The Kier molecular flexibility index (Phi) is 4.81. The second kappa shape index (κ2) is 6.19. The van der Waals surface area contributed by atoms with Crippen LogP contribution in [0.4, 0.5) is 5.69 Å². The van der Waals surface area contributed by atoms with E-state index in [-0.39, 0.29) is 5.91 Å². The van der Waals surface area contributed by atoms with Gasteiger partial charge in [-0.1, -0.05) is 0 Å². The van der Waals surface area contributed by atoms with Crippen LogP contribution in [0.25, 0.3) is 0 Å². The van der Waals surface area contributed by atoms with Crippen molar-refractivity contribution in [3.05, 3.63) is 27.3 Å². The predicted molar refractivity (Wildman–Crippen MR) is 84.4 cm³/mol. The highest BCUT2D eigenvalue weighted by atomic mass is 127. The van der Waals surface area contributed by atoms with Crippen molar-refractivity contribution in [2.45, 2.75) is 25.4 Å². The summed E-state index contributed by atoms with van der Waals surface area (Å²) in [5, 5.41) is 6.25. The smallest absolute Gasteiger partial charge is 0.256 e. The summed E-state index contributed by atoms with van der Waals surface area (Å²) in [7, 11) is 1.62. The summed E-state index contributed by atoms with van der Waals surface area (Å²) in [6.07, 6.45) is 1.41. The Labute approximate surface area is 127 Å². The molecule has 1 saturated heterocycles. The zero-order chi connectivity index (χ0) is 13.9. The van der Waals surface area contributed by atoms with Gasteiger partial charge >= 0.3 is 0 Å². The first-order valence-electron chi connectivity index (χ1n) is 6.41. The van der Waals surface area contributed by atoms with Gasteiger partial charge in [-0.3, -0.25) is 4.79 Å². The molecule has 1 aromatic rings. The molecule has 0 aliphatic carbocycles. The van der Waals surface area contributed by atoms with Gasteiger partial charge in [0.15, 0.2) is 0 Å². The van der Waals surface area contributed by atoms with Crippen LogP contribution in [0.15, 0.2) is 18.2 Å². The number of rotatable bonds is 3. The van der Waals surface area contributed by atoms with Gasteiger partial charge in [0.2, 0.25) is 0 Å². The van der Waals surface area contributed by atoms with Crippen LogP contribution in [0.1, 0.15) is 18.4 Å². The van der Waals surface area contributed by atoms with Gasteiger partial charge in [0, 0.05) is 16.4 Å². The molecule has 2 N–H and O–H groups in total. The van der Waals surface area contributed by atoms with Gasteiger partial charge in [0.05, 0.1) is 0 Å². The van der Waals surface area contributed by atoms with E-state index in [1.54, 1.807) is 7.11 Å². The zero-order valence-corrected chi connectivity index (χ0v) is 13.4. The number of carbonyl (C=O) groups is 1. The van der Waals surface area contributed by atoms with Crippen molar-refractivity contribution in [3.63, 3.8) is 0 Å². The lowest BCUT2D eigenvalue weighted by molar-refractivity contribution is -0.140. The molecule has 0 aromatic heterocycles. The third-order valence-electron chi connectivity index (χ3n) is 3.65. The molecule has 2 rings (SSSR count). The van der Waals surface area contributed by atoms with Gasteiger partial charge in [-0.05, 0) is 79.2 Å². The molecule has 0 atom stereocenters. The molecule has 19 heavy (non-hydrogen) atoms. The zero-order valence-electron chi connectivity index (χ0n) is 11.3. The molecular formula is C14H19IN2O2. The summed E-state index contributed by atoms with van der Waals surface area (Å²) < 4.78 is 6.69. The minimum absolute atomic E-state index is 0.0409. The maximum atomic E-state index is 12.5. The van der Waals surface area contributed by atoms with Crippen molar-refractivity contribution < 1.29 is 9.53 Å². The lowest BCUT2D eigenvalue weighted by Gasteiger charge is -2.34. The summed E-state index contributed by atoms with van der Waals surface area (Å²) in [6, 6.07) is 5.99. The van der Waals surface area contributed by atoms with E-state index in [2.05, 4.69) is 39.3 Å². The number of amides is 1. The second-order valence-electron chi connectivity index (χ2n) is 4.86. The second-order valence-corrected chi connectivity index (χ2v) is 6.11. The molecule has 1 aliphatic heterocycles. The van der Waals surface area contributed by atoms with Crippen LogP contribution < -0.4 is 10.6 Å². The molecular weight excluding hydrogens is 355 g/mol. The number of nitrogens with one attached hydrogen (secondary N) is 2. The highest BCUT2D eigenvalue weighted by molar-refractivity contribution is 14.1. The molecule has 0 bridgehead atoms. The van der Waals surface area contributed by atoms with E-state index >= 15 is 0 Å². The van der Waals surface area contributed by atoms with Crippen molar-refractivity contribution in [2.24, 2.45) is 0 Å². The quantitative estimate of drug-likeness (QED) is 0.799. The number of aryl methyl sites for hydroxylation is 1. The lowest BCUT2D eigenvalue weighted by atomic mass is 9.91. The van der Waals surface area contributed by atoms with E-state index in [4.69, 9.17) is 4.74 Å². The summed E-state index contributed by atoms with van der Waals surface area (Å²) in [5.74, 6) is -0.0409. The standard InChI is InChI=1S/C14H19IN2O2/c1-10-9-11(15)3-4-12(10)17-13(18)14(19-2)5-7-16-8-6-14/h3-4,9,16H,5-8H2,1-2H3,(H,17,18). The van der Waals surface area contributed by atoms with E-state index in [9.17, 15) is 4.79 Å². The molecule has 1 amide bonds. The minimum atomic E-state index is -0.694. The molecule has 1 aliphatic rings. The Morgan fingerprint density at radius 2 is 2.11 bits per heavy atom. The minimum Gasteiger partial charge on any atom is -0.368 e. The number of hydrogen-bond acceptors (Lipinski definition) is 3. The van der Waals surface area contributed by atoms with Gasteiger partial charge in [0.25, 0.3) is 5.91 Å². The number of anilines is 1. The molecule has 104 valence electrons. The van der Waals surface area contributed by atoms with Gasteiger partial charge in [0.1, 0.15) is 5.60 Å². The van der Waals surface area contributed by atoms with E-state index in [0.29, 0.717) is 12.8 Å². The van der Waals surface area contributed by atoms with Crippen LogP contribution in [0.3, 0.4) is 0 Å². The fourth-order valence-corrected chi connectivity index (χ4v) is 3.00. The third kappa shape index (κ3) is 3.27. The molecule has 1 heterocycles. The molecule has 1 aromatic carbocycles. The fraction of sp³-hybridized carbons (Fsp3) is 0.500. The number of ether oxygens (including phenoxy) is 1. The Morgan fingerprint density at radius 1 is 1.42 bits per heavy atom. The van der Waals surface area contributed by atoms with Gasteiger partial charge in [-0.15, -0.1) is 0 Å². The van der Waals surface area contributed by atoms with Crippen molar-refractivity contribution in [2.75, 3.05) is 25.5 Å². The maximum absolute atomic E-state index is 12.5. The first-order valence-corrected chi connectivity index (χ1v) is 7.49. The lowest BCUT2D eigenvalue weighted by Crippen LogP contribution is -2.51. The van der Waals surface area contributed by atoms with E-state index in [0.717, 1.165) is 27.9 Å². The van der Waals surface area contributed by atoms with E-state index in [1.807, 2.05) is 19.1 Å². The van der Waals surface area contributed by atoms with Crippen molar-refractivity contribution >= 4 is 34.2 Å². The highest BCUT2D eigenvalue weighted by Gasteiger charge is 2.39. The number of methoxy groups -OCH3 is 1. The molecule has 4 nitrogen and oxygen atoms in total. The Bertz CT molecular complexity index is 471. The average Bonchev–Trinajstić information content (AvgIpc) is 2.42. The summed E-state index contributed by atoms with van der Waals surface area (Å²) in [5.41, 5.74) is 1.24. The maximum Gasteiger partial charge on any atom is 0.256 e. The Morgan fingerprint density at radius 3 is 2.68 bits per heavy atom. The van der Waals surface area contributed by atoms with E-state index in [1.165, 1.54) is 0 Å². The summed E-state index contributed by atoms with van der Waals surface area (Å²) >= 11 is 2.26. The fourth-order valence-electron chi connectivity index (χ4n) is 2.36.